The predicted molar refractivity (Wildman–Crippen MR) is 90.0 cm³/mol. The van der Waals surface area contributed by atoms with E-state index in [1.165, 1.54) is 0 Å². The average Bonchev–Trinajstić information content (AvgIpc) is 2.87. The Labute approximate surface area is 139 Å². The summed E-state index contributed by atoms with van der Waals surface area (Å²) in [7, 11) is 0. The van der Waals surface area contributed by atoms with Gasteiger partial charge in [-0.25, -0.2) is 14.8 Å². The zero-order valence-corrected chi connectivity index (χ0v) is 13.6. The number of hydrogen-bond donors (Lipinski definition) is 2. The molecule has 24 heavy (non-hydrogen) atoms. The van der Waals surface area contributed by atoms with Gasteiger partial charge in [0.15, 0.2) is 0 Å². The van der Waals surface area contributed by atoms with Crippen LogP contribution in [0.2, 0.25) is 0 Å². The molecule has 0 fully saturated rings. The smallest absolute Gasteiger partial charge is 0.337 e. The topological polar surface area (TPSA) is 92.9 Å². The van der Waals surface area contributed by atoms with Crippen LogP contribution in [0.4, 0.5) is 11.5 Å². The standard InChI is InChI=1S/C17H17N5O2/c1-10-8-11(2)19-17(18-10)22-15(9-12(3)21-22)20-14-7-5-4-6-13(14)16(23)24/h4-9,20H,1-3H3,(H,23,24). The molecule has 0 aliphatic heterocycles. The Kier molecular flexibility index (Phi) is 3.99. The fourth-order valence-electron chi connectivity index (χ4n) is 2.46. The summed E-state index contributed by atoms with van der Waals surface area (Å²) in [5.41, 5.74) is 3.11. The monoisotopic (exact) mass is 323 g/mol. The van der Waals surface area contributed by atoms with Crippen molar-refractivity contribution in [2.75, 3.05) is 5.32 Å². The van der Waals surface area contributed by atoms with Crippen LogP contribution in [-0.2, 0) is 0 Å². The first-order valence-electron chi connectivity index (χ1n) is 7.43. The van der Waals surface area contributed by atoms with E-state index >= 15 is 0 Å². The minimum Gasteiger partial charge on any atom is -0.478 e. The van der Waals surface area contributed by atoms with E-state index in [9.17, 15) is 9.90 Å². The second-order valence-electron chi connectivity index (χ2n) is 5.51. The molecule has 0 spiro atoms. The number of benzene rings is 1. The molecule has 3 aromatic rings. The van der Waals surface area contributed by atoms with E-state index < -0.39 is 5.97 Å². The van der Waals surface area contributed by atoms with E-state index in [0.717, 1.165) is 17.1 Å². The zero-order valence-electron chi connectivity index (χ0n) is 13.6. The van der Waals surface area contributed by atoms with Crippen LogP contribution in [-0.4, -0.2) is 30.8 Å². The molecule has 3 rings (SSSR count). The van der Waals surface area contributed by atoms with Gasteiger partial charge in [0.1, 0.15) is 5.82 Å². The number of hydrogen-bond acceptors (Lipinski definition) is 5. The summed E-state index contributed by atoms with van der Waals surface area (Å²) in [6, 6.07) is 10.4. The van der Waals surface area contributed by atoms with Gasteiger partial charge in [0.25, 0.3) is 5.95 Å². The molecule has 0 atom stereocenters. The Morgan fingerprint density at radius 2 is 1.71 bits per heavy atom. The van der Waals surface area contributed by atoms with Gasteiger partial charge in [0.05, 0.1) is 16.9 Å². The van der Waals surface area contributed by atoms with Crippen molar-refractivity contribution in [1.82, 2.24) is 19.7 Å². The first-order valence-corrected chi connectivity index (χ1v) is 7.43. The molecule has 2 N–H and O–H groups in total. The van der Waals surface area contributed by atoms with Gasteiger partial charge in [-0.3, -0.25) is 0 Å². The summed E-state index contributed by atoms with van der Waals surface area (Å²) < 4.78 is 1.58. The van der Waals surface area contributed by atoms with Crippen molar-refractivity contribution < 1.29 is 9.90 Å². The number of aromatic carboxylic acids is 1. The SMILES string of the molecule is Cc1cc(C)nc(-n2nc(C)cc2Nc2ccccc2C(=O)O)n1. The predicted octanol–water partition coefficient (Wildman–Crippen LogP) is 3.03. The summed E-state index contributed by atoms with van der Waals surface area (Å²) in [4.78, 5) is 20.2. The van der Waals surface area contributed by atoms with Crippen molar-refractivity contribution in [3.63, 3.8) is 0 Å². The molecule has 0 aliphatic carbocycles. The van der Waals surface area contributed by atoms with Crippen LogP contribution < -0.4 is 5.32 Å². The Morgan fingerprint density at radius 3 is 2.38 bits per heavy atom. The van der Waals surface area contributed by atoms with Gasteiger partial charge >= 0.3 is 5.97 Å². The molecule has 0 amide bonds. The second kappa shape index (κ2) is 6.11. The van der Waals surface area contributed by atoms with E-state index in [1.54, 1.807) is 28.9 Å². The van der Waals surface area contributed by atoms with Gasteiger partial charge in [-0.2, -0.15) is 9.78 Å². The lowest BCUT2D eigenvalue weighted by Gasteiger charge is -2.11. The third-order valence-electron chi connectivity index (χ3n) is 3.41. The molecular weight excluding hydrogens is 306 g/mol. The Hall–Kier alpha value is -3.22. The molecule has 2 aromatic heterocycles. The van der Waals surface area contributed by atoms with Crippen molar-refractivity contribution in [2.24, 2.45) is 0 Å². The van der Waals surface area contributed by atoms with Crippen LogP contribution in [0.25, 0.3) is 5.95 Å². The van der Waals surface area contributed by atoms with E-state index in [2.05, 4.69) is 20.4 Å². The van der Waals surface area contributed by atoms with Gasteiger partial charge in [0, 0.05) is 17.5 Å². The number of aromatic nitrogens is 4. The first kappa shape index (κ1) is 15.7. The van der Waals surface area contributed by atoms with Crippen LogP contribution in [0.15, 0.2) is 36.4 Å². The highest BCUT2D eigenvalue weighted by atomic mass is 16.4. The summed E-state index contributed by atoms with van der Waals surface area (Å²) in [6.07, 6.45) is 0. The maximum absolute atomic E-state index is 11.4. The summed E-state index contributed by atoms with van der Waals surface area (Å²) >= 11 is 0. The maximum atomic E-state index is 11.4. The summed E-state index contributed by atoms with van der Waals surface area (Å²) in [5.74, 6) is 0.0469. The number of rotatable bonds is 4. The fraction of sp³-hybridized carbons (Fsp3) is 0.176. The summed E-state index contributed by atoms with van der Waals surface area (Å²) in [5, 5.41) is 16.9. The lowest BCUT2D eigenvalue weighted by atomic mass is 10.2. The lowest BCUT2D eigenvalue weighted by molar-refractivity contribution is 0.0698. The number of carboxylic acids is 1. The van der Waals surface area contributed by atoms with Crippen LogP contribution in [0, 0.1) is 20.8 Å². The van der Waals surface area contributed by atoms with Gasteiger partial charge in [0.2, 0.25) is 0 Å². The van der Waals surface area contributed by atoms with E-state index in [-0.39, 0.29) is 5.56 Å². The van der Waals surface area contributed by atoms with Crippen molar-refractivity contribution in [1.29, 1.82) is 0 Å². The number of carbonyl (C=O) groups is 1. The fourth-order valence-corrected chi connectivity index (χ4v) is 2.46. The maximum Gasteiger partial charge on any atom is 0.337 e. The molecule has 2 heterocycles. The molecular formula is C17H17N5O2. The van der Waals surface area contributed by atoms with Crippen LogP contribution in [0.3, 0.4) is 0 Å². The molecule has 0 bridgehead atoms. The van der Waals surface area contributed by atoms with Crippen LogP contribution >= 0.6 is 0 Å². The summed E-state index contributed by atoms with van der Waals surface area (Å²) in [6.45, 7) is 5.64. The van der Waals surface area contributed by atoms with Gasteiger partial charge in [-0.15, -0.1) is 0 Å². The highest BCUT2D eigenvalue weighted by Crippen LogP contribution is 2.23. The molecule has 0 saturated heterocycles. The van der Waals surface area contributed by atoms with E-state index in [1.807, 2.05) is 32.9 Å². The number of aryl methyl sites for hydroxylation is 3. The zero-order chi connectivity index (χ0) is 17.3. The minimum atomic E-state index is -0.997. The van der Waals surface area contributed by atoms with Gasteiger partial charge < -0.3 is 10.4 Å². The Balaban J connectivity index is 2.06. The molecule has 0 aliphatic rings. The highest BCUT2D eigenvalue weighted by Gasteiger charge is 2.14. The third kappa shape index (κ3) is 3.10. The quantitative estimate of drug-likeness (QED) is 0.766. The number of anilines is 2. The highest BCUT2D eigenvalue weighted by molar-refractivity contribution is 5.95. The average molecular weight is 323 g/mol. The number of para-hydroxylation sites is 1. The Morgan fingerprint density at radius 1 is 1.04 bits per heavy atom. The molecule has 122 valence electrons. The second-order valence-corrected chi connectivity index (χ2v) is 5.51. The normalized spacial score (nSPS) is 10.6. The van der Waals surface area contributed by atoms with Crippen molar-refractivity contribution in [3.05, 3.63) is 59.0 Å². The first-order chi connectivity index (χ1) is 11.4. The van der Waals surface area contributed by atoms with Crippen molar-refractivity contribution >= 4 is 17.5 Å². The van der Waals surface area contributed by atoms with E-state index in [0.29, 0.717) is 17.5 Å². The Bertz CT molecular complexity index is 897. The molecule has 7 heteroatoms. The van der Waals surface area contributed by atoms with Gasteiger partial charge in [-0.1, -0.05) is 12.1 Å². The minimum absolute atomic E-state index is 0.184. The van der Waals surface area contributed by atoms with Gasteiger partial charge in [-0.05, 0) is 39.0 Å². The number of carboxylic acid groups (broad SMARTS) is 1. The molecule has 0 radical (unpaired) electrons. The third-order valence-corrected chi connectivity index (χ3v) is 3.41. The van der Waals surface area contributed by atoms with E-state index in [4.69, 9.17) is 0 Å². The van der Waals surface area contributed by atoms with Crippen LogP contribution in [0.5, 0.6) is 0 Å². The molecule has 0 saturated carbocycles. The van der Waals surface area contributed by atoms with Crippen molar-refractivity contribution in [3.8, 4) is 5.95 Å². The lowest BCUT2D eigenvalue weighted by Crippen LogP contribution is -2.10. The number of nitrogens with zero attached hydrogens (tertiary/aromatic N) is 4. The molecule has 0 unspecified atom stereocenters. The molecule has 7 nitrogen and oxygen atoms in total. The van der Waals surface area contributed by atoms with Crippen LogP contribution in [0.1, 0.15) is 27.4 Å². The number of nitrogens with one attached hydrogen (secondary N) is 1. The largest absolute Gasteiger partial charge is 0.478 e. The molecule has 1 aromatic carbocycles. The van der Waals surface area contributed by atoms with Crippen molar-refractivity contribution in [2.45, 2.75) is 20.8 Å².